The van der Waals surface area contributed by atoms with E-state index in [4.69, 9.17) is 9.47 Å². The molecule has 1 heterocycles. The molecule has 1 saturated heterocycles. The Hall–Kier alpha value is -1.33. The number of carbonyl (C=O) groups excluding carboxylic acids is 1. The van der Waals surface area contributed by atoms with Crippen LogP contribution in [0.4, 0.5) is 0 Å². The summed E-state index contributed by atoms with van der Waals surface area (Å²) in [7, 11) is 0. The quantitative estimate of drug-likeness (QED) is 0.0302. The van der Waals surface area contributed by atoms with E-state index in [-0.39, 0.29) is 12.5 Å². The van der Waals surface area contributed by atoms with Crippen LogP contribution in [0.3, 0.4) is 0 Å². The van der Waals surface area contributed by atoms with Crippen LogP contribution in [-0.4, -0.2) is 87.5 Å². The average molecular weight is 712 g/mol. The third-order valence-electron chi connectivity index (χ3n) is 9.78. The Morgan fingerprint density at radius 3 is 1.68 bits per heavy atom. The van der Waals surface area contributed by atoms with Crippen LogP contribution in [0.15, 0.2) is 24.3 Å². The van der Waals surface area contributed by atoms with Gasteiger partial charge in [0.25, 0.3) is 0 Å². The second kappa shape index (κ2) is 32.3. The van der Waals surface area contributed by atoms with Crippen molar-refractivity contribution >= 4 is 5.91 Å². The molecule has 294 valence electrons. The molecule has 0 aromatic carbocycles. The summed E-state index contributed by atoms with van der Waals surface area (Å²) in [6.07, 6.45) is 29.3. The number of allylic oxidation sites excluding steroid dienone is 3. The zero-order valence-electron chi connectivity index (χ0n) is 31.9. The van der Waals surface area contributed by atoms with Crippen molar-refractivity contribution in [2.45, 2.75) is 217 Å². The summed E-state index contributed by atoms with van der Waals surface area (Å²) in [5.41, 5.74) is 0. The van der Waals surface area contributed by atoms with Gasteiger partial charge >= 0.3 is 0 Å². The van der Waals surface area contributed by atoms with Crippen molar-refractivity contribution < 1.29 is 39.8 Å². The van der Waals surface area contributed by atoms with E-state index < -0.39 is 49.5 Å². The van der Waals surface area contributed by atoms with Gasteiger partial charge in [-0.05, 0) is 32.1 Å². The molecule has 50 heavy (non-hydrogen) atoms. The van der Waals surface area contributed by atoms with Gasteiger partial charge in [-0.25, -0.2) is 0 Å². The summed E-state index contributed by atoms with van der Waals surface area (Å²) in [6.45, 7) is 3.73. The Bertz CT molecular complexity index is 837. The third kappa shape index (κ3) is 23.3. The number of unbranched alkanes of at least 4 members (excludes halogenated alkanes) is 21. The number of carbonyl (C=O) groups is 1. The fourth-order valence-corrected chi connectivity index (χ4v) is 6.41. The van der Waals surface area contributed by atoms with Crippen molar-refractivity contribution in [1.29, 1.82) is 0 Å². The molecule has 1 aliphatic heterocycles. The number of hydrogen-bond acceptors (Lipinski definition) is 8. The van der Waals surface area contributed by atoms with Crippen LogP contribution in [0, 0.1) is 0 Å². The molecule has 1 aliphatic rings. The van der Waals surface area contributed by atoms with Gasteiger partial charge in [0.15, 0.2) is 6.29 Å². The van der Waals surface area contributed by atoms with Gasteiger partial charge in [-0.2, -0.15) is 0 Å². The number of hydrogen-bond donors (Lipinski definition) is 6. The van der Waals surface area contributed by atoms with Crippen LogP contribution in [-0.2, 0) is 14.3 Å². The van der Waals surface area contributed by atoms with Crippen molar-refractivity contribution in [3.05, 3.63) is 24.3 Å². The molecule has 1 fully saturated rings. The molecule has 0 spiro atoms. The molecule has 1 rings (SSSR count). The first-order chi connectivity index (χ1) is 24.3. The van der Waals surface area contributed by atoms with Gasteiger partial charge < -0.3 is 40.3 Å². The summed E-state index contributed by atoms with van der Waals surface area (Å²) in [5.74, 6) is -0.188. The van der Waals surface area contributed by atoms with Crippen LogP contribution in [0.1, 0.15) is 174 Å². The largest absolute Gasteiger partial charge is 0.394 e. The van der Waals surface area contributed by atoms with Gasteiger partial charge in [0.05, 0.1) is 25.4 Å². The zero-order chi connectivity index (χ0) is 36.7. The molecular formula is C41H77NO8. The number of ether oxygens (including phenoxy) is 2. The maximum atomic E-state index is 12.9. The number of amides is 1. The van der Waals surface area contributed by atoms with Crippen LogP contribution >= 0.6 is 0 Å². The molecule has 9 heteroatoms. The molecule has 9 nitrogen and oxygen atoms in total. The van der Waals surface area contributed by atoms with Crippen LogP contribution in [0.25, 0.3) is 0 Å². The van der Waals surface area contributed by atoms with Crippen LogP contribution < -0.4 is 5.32 Å². The molecule has 0 bridgehead atoms. The molecule has 1 amide bonds. The Labute approximate surface area is 305 Å². The number of aliphatic hydroxyl groups is 5. The Balaban J connectivity index is 2.45. The number of rotatable bonds is 33. The highest BCUT2D eigenvalue weighted by Crippen LogP contribution is 2.22. The lowest BCUT2D eigenvalue weighted by Gasteiger charge is -2.40. The Kier molecular flexibility index (Phi) is 30.2. The molecule has 7 atom stereocenters. The highest BCUT2D eigenvalue weighted by atomic mass is 16.7. The first-order valence-electron chi connectivity index (χ1n) is 20.6. The third-order valence-corrected chi connectivity index (χ3v) is 9.78. The second-order valence-electron chi connectivity index (χ2n) is 14.4. The van der Waals surface area contributed by atoms with E-state index in [0.717, 1.165) is 38.5 Å². The smallest absolute Gasteiger partial charge is 0.220 e. The molecule has 0 saturated carbocycles. The van der Waals surface area contributed by atoms with Crippen molar-refractivity contribution in [3.8, 4) is 0 Å². The highest BCUT2D eigenvalue weighted by molar-refractivity contribution is 5.76. The molecular weight excluding hydrogens is 634 g/mol. The second-order valence-corrected chi connectivity index (χ2v) is 14.4. The summed E-state index contributed by atoms with van der Waals surface area (Å²) in [6, 6.07) is -0.814. The first kappa shape index (κ1) is 46.7. The fraction of sp³-hybridized carbons (Fsp3) is 0.878. The number of aliphatic hydroxyl groups excluding tert-OH is 5. The highest BCUT2D eigenvalue weighted by Gasteiger charge is 2.44. The summed E-state index contributed by atoms with van der Waals surface area (Å²) < 4.78 is 11.2. The summed E-state index contributed by atoms with van der Waals surface area (Å²) in [5, 5.41) is 53.9. The van der Waals surface area contributed by atoms with Crippen molar-refractivity contribution in [3.63, 3.8) is 0 Å². The van der Waals surface area contributed by atoms with Gasteiger partial charge in [0.1, 0.15) is 24.4 Å². The molecule has 0 aliphatic carbocycles. The van der Waals surface area contributed by atoms with Gasteiger partial charge in [0, 0.05) is 6.42 Å². The van der Waals surface area contributed by atoms with Crippen molar-refractivity contribution in [2.75, 3.05) is 13.2 Å². The number of nitrogens with one attached hydrogen (secondary N) is 1. The molecule has 2 unspecified atom stereocenters. The van der Waals surface area contributed by atoms with E-state index in [0.29, 0.717) is 6.42 Å². The van der Waals surface area contributed by atoms with E-state index in [1.165, 1.54) is 116 Å². The maximum Gasteiger partial charge on any atom is 0.220 e. The Morgan fingerprint density at radius 1 is 0.660 bits per heavy atom. The summed E-state index contributed by atoms with van der Waals surface area (Å²) >= 11 is 0. The average Bonchev–Trinajstić information content (AvgIpc) is 3.11. The Morgan fingerprint density at radius 2 is 1.14 bits per heavy atom. The minimum Gasteiger partial charge on any atom is -0.394 e. The van der Waals surface area contributed by atoms with Gasteiger partial charge in [-0.15, -0.1) is 0 Å². The standard InChI is InChI=1S/C41H77NO8/c1-3-5-7-9-11-13-15-17-19-20-22-24-26-28-30-35(44)34(33-49-41-40(48)39(47)38(46)36(32-43)50-41)42-37(45)31-29-27-25-23-21-18-16-14-12-10-8-6-4-2/h20,22,28,30,34-36,38-41,43-44,46-48H,3-19,21,23-27,29,31-33H2,1-2H3,(H,42,45)/b22-20+,30-28+/t34-,35+,36-,38-,39?,40?,41-/m0/s1. The van der Waals surface area contributed by atoms with Gasteiger partial charge in [0.2, 0.25) is 5.91 Å². The van der Waals surface area contributed by atoms with E-state index in [9.17, 15) is 30.3 Å². The first-order valence-corrected chi connectivity index (χ1v) is 20.6. The predicted octanol–water partition coefficient (Wildman–Crippen LogP) is 7.55. The van der Waals surface area contributed by atoms with Gasteiger partial charge in [-0.3, -0.25) is 4.79 Å². The predicted molar refractivity (Wildman–Crippen MR) is 203 cm³/mol. The monoisotopic (exact) mass is 712 g/mol. The minimum absolute atomic E-state index is 0.188. The van der Waals surface area contributed by atoms with Crippen LogP contribution in [0.2, 0.25) is 0 Å². The normalized spacial score (nSPS) is 22.4. The minimum atomic E-state index is -1.57. The van der Waals surface area contributed by atoms with Gasteiger partial charge in [-0.1, -0.05) is 160 Å². The maximum absolute atomic E-state index is 12.9. The fourth-order valence-electron chi connectivity index (χ4n) is 6.41. The molecule has 0 aromatic rings. The zero-order valence-corrected chi connectivity index (χ0v) is 31.9. The summed E-state index contributed by atoms with van der Waals surface area (Å²) in [4.78, 5) is 12.9. The van der Waals surface area contributed by atoms with E-state index in [1.54, 1.807) is 6.08 Å². The lowest BCUT2D eigenvalue weighted by Crippen LogP contribution is -2.60. The van der Waals surface area contributed by atoms with E-state index in [1.807, 2.05) is 6.08 Å². The topological polar surface area (TPSA) is 149 Å². The molecule has 0 radical (unpaired) electrons. The van der Waals surface area contributed by atoms with Crippen molar-refractivity contribution in [1.82, 2.24) is 5.32 Å². The van der Waals surface area contributed by atoms with Crippen LogP contribution in [0.5, 0.6) is 0 Å². The SMILES string of the molecule is CCCCCCCCCC/C=C/CC/C=C/[C@@H](O)[C@H](CO[C@H]1O[C@@H](CO)[C@H](O)C(O)C1O)NC(=O)CCCCCCCCCCCCCCC. The van der Waals surface area contributed by atoms with E-state index in [2.05, 4.69) is 31.3 Å². The van der Waals surface area contributed by atoms with Crippen molar-refractivity contribution in [2.24, 2.45) is 0 Å². The lowest BCUT2D eigenvalue weighted by atomic mass is 9.99. The van der Waals surface area contributed by atoms with E-state index >= 15 is 0 Å². The lowest BCUT2D eigenvalue weighted by molar-refractivity contribution is -0.302. The molecule has 0 aromatic heterocycles. The molecule has 6 N–H and O–H groups in total.